The second kappa shape index (κ2) is 7.23. The number of anilines is 1. The number of hydrogen-bond donors (Lipinski definition) is 3. The van der Waals surface area contributed by atoms with Gasteiger partial charge in [-0.25, -0.2) is 0 Å². The molecule has 0 amide bonds. The van der Waals surface area contributed by atoms with E-state index in [1.54, 1.807) is 6.07 Å². The molecule has 2 atom stereocenters. The van der Waals surface area contributed by atoms with Crippen LogP contribution in [-0.2, 0) is 22.5 Å². The fraction of sp³-hybridized carbons (Fsp3) is 0.545. The van der Waals surface area contributed by atoms with Crippen LogP contribution in [0.15, 0.2) is 18.2 Å². The summed E-state index contributed by atoms with van der Waals surface area (Å²) in [5.74, 6) is 0.881. The van der Waals surface area contributed by atoms with Crippen LogP contribution in [0.5, 0.6) is 5.75 Å². The highest BCUT2D eigenvalue weighted by atomic mass is 16.6. The zero-order chi connectivity index (χ0) is 20.0. The quantitative estimate of drug-likeness (QED) is 0.733. The van der Waals surface area contributed by atoms with E-state index in [9.17, 15) is 10.2 Å². The normalized spacial score (nSPS) is 25.3. The molecule has 7 nitrogen and oxygen atoms in total. The third kappa shape index (κ3) is 3.37. The summed E-state index contributed by atoms with van der Waals surface area (Å²) >= 11 is 0. The van der Waals surface area contributed by atoms with Crippen molar-refractivity contribution < 1.29 is 19.7 Å². The van der Waals surface area contributed by atoms with Crippen molar-refractivity contribution >= 4 is 5.82 Å². The van der Waals surface area contributed by atoms with Crippen LogP contribution in [0.25, 0.3) is 11.3 Å². The minimum absolute atomic E-state index is 0.0244. The second-order valence-electron chi connectivity index (χ2n) is 8.62. The summed E-state index contributed by atoms with van der Waals surface area (Å²) in [6, 6.07) is 5.58. The Bertz CT molecular complexity index is 929. The lowest BCUT2D eigenvalue weighted by atomic mass is 9.85. The van der Waals surface area contributed by atoms with E-state index in [-0.39, 0.29) is 23.5 Å². The van der Waals surface area contributed by atoms with Gasteiger partial charge in [-0.3, -0.25) is 0 Å². The number of nitrogens with one attached hydrogen (secondary N) is 1. The van der Waals surface area contributed by atoms with Crippen LogP contribution in [0.1, 0.15) is 42.4 Å². The Morgan fingerprint density at radius 3 is 2.69 bits per heavy atom. The molecular weight excluding hydrogens is 370 g/mol. The van der Waals surface area contributed by atoms with Crippen molar-refractivity contribution in [3.05, 3.63) is 34.9 Å². The van der Waals surface area contributed by atoms with Crippen molar-refractivity contribution in [1.82, 2.24) is 10.2 Å². The van der Waals surface area contributed by atoms with E-state index in [0.29, 0.717) is 43.3 Å². The van der Waals surface area contributed by atoms with Crippen molar-refractivity contribution in [3.63, 3.8) is 0 Å². The van der Waals surface area contributed by atoms with Crippen molar-refractivity contribution in [2.75, 3.05) is 18.5 Å². The van der Waals surface area contributed by atoms with E-state index >= 15 is 0 Å². The summed E-state index contributed by atoms with van der Waals surface area (Å²) in [7, 11) is 0. The first-order chi connectivity index (χ1) is 14.0. The summed E-state index contributed by atoms with van der Waals surface area (Å²) in [6.45, 7) is 3.50. The molecule has 3 aliphatic rings. The molecule has 154 valence electrons. The Balaban J connectivity index is 1.56. The highest BCUT2D eigenvalue weighted by Gasteiger charge is 2.45. The molecule has 2 fully saturated rings. The summed E-state index contributed by atoms with van der Waals surface area (Å²) in [6.07, 6.45) is 4.16. The van der Waals surface area contributed by atoms with Crippen LogP contribution in [0.3, 0.4) is 0 Å². The smallest absolute Gasteiger partial charge is 0.154 e. The van der Waals surface area contributed by atoms with Crippen LogP contribution < -0.4 is 5.32 Å². The number of aromatic nitrogens is 2. The summed E-state index contributed by atoms with van der Waals surface area (Å²) in [4.78, 5) is 0. The van der Waals surface area contributed by atoms with Gasteiger partial charge in [0, 0.05) is 17.5 Å². The standard InChI is InChI=1S/C22H27N3O4/c1-13-6-7-14(19(27)8-13)20-15-9-22(11-28-12-22)29-10-16(15)21(25-24-20)23-17-4-2-3-5-18(17)26/h6-8,17-18,26-27H,2-5,9-12H2,1H3,(H,23,25)/t17-,18-/m1/s1. The molecule has 2 aliphatic heterocycles. The average molecular weight is 397 g/mol. The molecule has 7 heteroatoms. The van der Waals surface area contributed by atoms with Gasteiger partial charge >= 0.3 is 0 Å². The number of fused-ring (bicyclic) bond motifs is 1. The van der Waals surface area contributed by atoms with Crippen molar-refractivity contribution in [3.8, 4) is 17.0 Å². The number of phenolic OH excluding ortho intramolecular Hbond substituents is 1. The van der Waals surface area contributed by atoms with E-state index in [2.05, 4.69) is 15.5 Å². The summed E-state index contributed by atoms with van der Waals surface area (Å²) in [5, 5.41) is 33.3. The zero-order valence-corrected chi connectivity index (χ0v) is 16.6. The van der Waals surface area contributed by atoms with Gasteiger partial charge in [0.15, 0.2) is 5.82 Å². The molecule has 0 bridgehead atoms. The highest BCUT2D eigenvalue weighted by Crippen LogP contribution is 2.41. The minimum atomic E-state index is -0.377. The monoisotopic (exact) mass is 397 g/mol. The fourth-order valence-corrected chi connectivity index (χ4v) is 4.60. The third-order valence-corrected chi connectivity index (χ3v) is 6.40. The highest BCUT2D eigenvalue weighted by molar-refractivity contribution is 5.73. The van der Waals surface area contributed by atoms with Crippen molar-refractivity contribution in [2.45, 2.75) is 63.4 Å². The van der Waals surface area contributed by atoms with Gasteiger partial charge in [-0.1, -0.05) is 18.9 Å². The third-order valence-electron chi connectivity index (χ3n) is 6.40. The predicted octanol–water partition coefficient (Wildman–Crippen LogP) is 2.71. The second-order valence-corrected chi connectivity index (χ2v) is 8.62. The number of phenols is 1. The maximum absolute atomic E-state index is 10.5. The number of aromatic hydroxyl groups is 1. The molecule has 29 heavy (non-hydrogen) atoms. The number of aryl methyl sites for hydroxylation is 1. The van der Waals surface area contributed by atoms with E-state index in [1.807, 2.05) is 19.1 Å². The Morgan fingerprint density at radius 2 is 1.97 bits per heavy atom. The van der Waals surface area contributed by atoms with Crippen molar-refractivity contribution in [1.29, 1.82) is 0 Å². The number of benzene rings is 1. The Kier molecular flexibility index (Phi) is 4.69. The maximum Gasteiger partial charge on any atom is 0.154 e. The molecule has 0 unspecified atom stereocenters. The molecule has 3 N–H and O–H groups in total. The van der Waals surface area contributed by atoms with Gasteiger partial charge < -0.3 is 25.0 Å². The maximum atomic E-state index is 10.5. The first-order valence-corrected chi connectivity index (χ1v) is 10.4. The zero-order valence-electron chi connectivity index (χ0n) is 16.6. The molecule has 5 rings (SSSR count). The minimum Gasteiger partial charge on any atom is -0.507 e. The Hall–Kier alpha value is -2.22. The number of rotatable bonds is 3. The molecule has 1 aliphatic carbocycles. The molecule has 3 heterocycles. The number of hydrogen-bond acceptors (Lipinski definition) is 7. The largest absolute Gasteiger partial charge is 0.507 e. The van der Waals surface area contributed by atoms with Gasteiger partial charge in [0.25, 0.3) is 0 Å². The lowest BCUT2D eigenvalue weighted by molar-refractivity contribution is -0.220. The summed E-state index contributed by atoms with van der Waals surface area (Å²) < 4.78 is 11.6. The molecule has 1 saturated heterocycles. The topological polar surface area (TPSA) is 96.7 Å². The van der Waals surface area contributed by atoms with Crippen molar-refractivity contribution in [2.24, 2.45) is 0 Å². The molecule has 1 aromatic carbocycles. The Morgan fingerprint density at radius 1 is 1.14 bits per heavy atom. The van der Waals surface area contributed by atoms with E-state index in [1.165, 1.54) is 0 Å². The first kappa shape index (κ1) is 18.8. The molecular formula is C22H27N3O4. The number of aliphatic hydroxyl groups excluding tert-OH is 1. The van der Waals surface area contributed by atoms with Gasteiger partial charge in [-0.2, -0.15) is 0 Å². The number of ether oxygens (including phenoxy) is 2. The first-order valence-electron chi connectivity index (χ1n) is 10.4. The predicted molar refractivity (Wildman–Crippen MR) is 108 cm³/mol. The number of aliphatic hydroxyl groups is 1. The molecule has 2 aromatic rings. The van der Waals surface area contributed by atoms with Gasteiger partial charge in [0.1, 0.15) is 17.0 Å². The van der Waals surface area contributed by atoms with Crippen LogP contribution in [-0.4, -0.2) is 51.4 Å². The van der Waals surface area contributed by atoms with Gasteiger partial charge in [-0.05, 0) is 43.0 Å². The van der Waals surface area contributed by atoms with Gasteiger partial charge in [0.2, 0.25) is 0 Å². The fourth-order valence-electron chi connectivity index (χ4n) is 4.60. The molecule has 1 saturated carbocycles. The van der Waals surface area contributed by atoms with E-state index in [4.69, 9.17) is 9.47 Å². The average Bonchev–Trinajstić information content (AvgIpc) is 2.69. The summed E-state index contributed by atoms with van der Waals surface area (Å²) in [5.41, 5.74) is 4.06. The lowest BCUT2D eigenvalue weighted by Crippen LogP contribution is -2.55. The Labute approximate surface area is 170 Å². The SMILES string of the molecule is Cc1ccc(-c2nnc(N[C@@H]3CCCC[C@H]3O)c3c2CC2(COC2)OC3)c(O)c1. The van der Waals surface area contributed by atoms with Crippen LogP contribution in [0, 0.1) is 6.92 Å². The van der Waals surface area contributed by atoms with Gasteiger partial charge in [0.05, 0.1) is 32.0 Å². The van der Waals surface area contributed by atoms with Crippen LogP contribution >= 0.6 is 0 Å². The molecule has 1 aromatic heterocycles. The van der Waals surface area contributed by atoms with Gasteiger partial charge in [-0.15, -0.1) is 10.2 Å². The van der Waals surface area contributed by atoms with Crippen LogP contribution in [0.2, 0.25) is 0 Å². The molecule has 1 spiro atoms. The van der Waals surface area contributed by atoms with Crippen LogP contribution in [0.4, 0.5) is 5.82 Å². The lowest BCUT2D eigenvalue weighted by Gasteiger charge is -2.45. The van der Waals surface area contributed by atoms with E-state index < -0.39 is 0 Å². The van der Waals surface area contributed by atoms with E-state index in [0.717, 1.165) is 42.4 Å². The number of nitrogens with zero attached hydrogens (tertiary/aromatic N) is 2. The molecule has 0 radical (unpaired) electrons.